The summed E-state index contributed by atoms with van der Waals surface area (Å²) in [5.74, 6) is 0. The molecule has 3 heterocycles. The normalized spacial score (nSPS) is 12.0. The average molecular weight is 623 g/mol. The van der Waals surface area contributed by atoms with Crippen molar-refractivity contribution >= 4 is 71.4 Å². The Kier molecular flexibility index (Phi) is 6.48. The molecule has 9 rings (SSSR count). The summed E-state index contributed by atoms with van der Waals surface area (Å²) >= 11 is 1.86. The molecule has 0 spiro atoms. The van der Waals surface area contributed by atoms with Crippen LogP contribution in [0, 0.1) is 0 Å². The van der Waals surface area contributed by atoms with Gasteiger partial charge < -0.3 is 8.83 Å². The summed E-state index contributed by atoms with van der Waals surface area (Å²) in [6.07, 6.45) is 7.23. The monoisotopic (exact) mass is 622 g/mol. The van der Waals surface area contributed by atoms with Crippen LogP contribution in [0.3, 0.4) is 0 Å². The molecule has 47 heavy (non-hydrogen) atoms. The van der Waals surface area contributed by atoms with Crippen molar-refractivity contribution in [2.45, 2.75) is 13.3 Å². The molecule has 2 nitrogen and oxygen atoms in total. The molecular weight excluding hydrogens is 593 g/mol. The molecule has 0 saturated carbocycles. The molecule has 0 unspecified atom stereocenters. The number of para-hydroxylation sites is 1. The molecule has 0 amide bonds. The Morgan fingerprint density at radius 2 is 1.04 bits per heavy atom. The van der Waals surface area contributed by atoms with E-state index in [0.717, 1.165) is 61.4 Å². The summed E-state index contributed by atoms with van der Waals surface area (Å²) in [7, 11) is 0. The highest BCUT2D eigenvalue weighted by Crippen LogP contribution is 2.39. The van der Waals surface area contributed by atoms with Crippen LogP contribution in [-0.4, -0.2) is 0 Å². The zero-order valence-electron chi connectivity index (χ0n) is 25.9. The zero-order valence-corrected chi connectivity index (χ0v) is 26.7. The molecule has 6 aromatic carbocycles. The van der Waals surface area contributed by atoms with E-state index >= 15 is 0 Å². The molecule has 0 bridgehead atoms. The van der Waals surface area contributed by atoms with Crippen molar-refractivity contribution in [3.63, 3.8) is 0 Å². The average Bonchev–Trinajstić information content (AvgIpc) is 3.78. The number of thiophene rings is 1. The van der Waals surface area contributed by atoms with Crippen LogP contribution in [0.2, 0.25) is 0 Å². The number of benzene rings is 6. The van der Waals surface area contributed by atoms with E-state index in [9.17, 15) is 0 Å². The molecule has 0 fully saturated rings. The van der Waals surface area contributed by atoms with Crippen molar-refractivity contribution in [1.82, 2.24) is 0 Å². The largest absolute Gasteiger partial charge is 0.456 e. The van der Waals surface area contributed by atoms with Gasteiger partial charge >= 0.3 is 0 Å². The van der Waals surface area contributed by atoms with E-state index in [-0.39, 0.29) is 0 Å². The van der Waals surface area contributed by atoms with Crippen molar-refractivity contribution in [2.24, 2.45) is 0 Å². The van der Waals surface area contributed by atoms with Gasteiger partial charge in [0.2, 0.25) is 0 Å². The number of rotatable bonds is 6. The first kappa shape index (κ1) is 27.7. The summed E-state index contributed by atoms with van der Waals surface area (Å²) in [6, 6.07) is 43.4. The van der Waals surface area contributed by atoms with E-state index in [1.807, 2.05) is 29.5 Å². The summed E-state index contributed by atoms with van der Waals surface area (Å²) in [4.78, 5) is 1.36. The Labute approximate surface area is 276 Å². The lowest BCUT2D eigenvalue weighted by Crippen LogP contribution is -1.83. The van der Waals surface area contributed by atoms with Crippen molar-refractivity contribution < 1.29 is 8.83 Å². The van der Waals surface area contributed by atoms with E-state index in [0.29, 0.717) is 0 Å². The molecule has 3 aromatic heterocycles. The maximum absolute atomic E-state index is 6.31. The summed E-state index contributed by atoms with van der Waals surface area (Å²) in [6.45, 7) is 6.05. The lowest BCUT2D eigenvalue weighted by atomic mass is 9.96. The van der Waals surface area contributed by atoms with Crippen molar-refractivity contribution in [2.75, 3.05) is 0 Å². The van der Waals surface area contributed by atoms with E-state index in [2.05, 4.69) is 135 Å². The number of allylic oxidation sites excluding steroid dienone is 2. The highest BCUT2D eigenvalue weighted by molar-refractivity contribution is 7.19. The Balaban J connectivity index is 1.12. The van der Waals surface area contributed by atoms with Crippen LogP contribution in [0.5, 0.6) is 0 Å². The fourth-order valence-corrected chi connectivity index (χ4v) is 8.07. The van der Waals surface area contributed by atoms with Gasteiger partial charge in [-0.2, -0.15) is 0 Å². The summed E-state index contributed by atoms with van der Waals surface area (Å²) < 4.78 is 13.7. The van der Waals surface area contributed by atoms with Crippen LogP contribution in [-0.2, 0) is 6.42 Å². The first-order valence-corrected chi connectivity index (χ1v) is 16.8. The standard InChI is InChI=1S/C44H30O2S/c1-3-8-34-38-26-32(17-21-44(38)47-43(34)9-4-2)28-11-7-10-27(22-28)29-14-19-41-36(24-29)37-25-31(16-20-42(37)46-41)30-15-18-40-35(23-30)33-12-5-6-13-39(33)45-40/h3-8,10-26H,2,9H2,1H3/b8-3-. The third kappa shape index (κ3) is 4.62. The first-order chi connectivity index (χ1) is 23.2. The molecule has 0 atom stereocenters. The van der Waals surface area contributed by atoms with Gasteiger partial charge in [-0.25, -0.2) is 0 Å². The van der Waals surface area contributed by atoms with Crippen molar-refractivity contribution in [1.29, 1.82) is 0 Å². The number of hydrogen-bond donors (Lipinski definition) is 0. The lowest BCUT2D eigenvalue weighted by Gasteiger charge is -2.07. The van der Waals surface area contributed by atoms with E-state index in [1.54, 1.807) is 0 Å². The highest BCUT2D eigenvalue weighted by atomic mass is 32.1. The van der Waals surface area contributed by atoms with Crippen LogP contribution in [0.1, 0.15) is 17.4 Å². The van der Waals surface area contributed by atoms with Gasteiger partial charge in [-0.05, 0) is 107 Å². The molecule has 0 N–H and O–H groups in total. The van der Waals surface area contributed by atoms with Crippen molar-refractivity contribution in [3.05, 3.63) is 150 Å². The fraction of sp³-hybridized carbons (Fsp3) is 0.0455. The Hall–Kier alpha value is -5.64. The van der Waals surface area contributed by atoms with Gasteiger partial charge in [-0.3, -0.25) is 0 Å². The third-order valence-corrected chi connectivity index (χ3v) is 10.4. The smallest absolute Gasteiger partial charge is 0.135 e. The van der Waals surface area contributed by atoms with Gasteiger partial charge in [0.05, 0.1) is 0 Å². The van der Waals surface area contributed by atoms with Crippen LogP contribution >= 0.6 is 11.3 Å². The molecule has 3 heteroatoms. The molecule has 9 aromatic rings. The van der Waals surface area contributed by atoms with Gasteiger partial charge in [-0.1, -0.05) is 78.9 Å². The van der Waals surface area contributed by atoms with E-state index in [4.69, 9.17) is 8.83 Å². The number of hydrogen-bond acceptors (Lipinski definition) is 3. The molecular formula is C44H30O2S. The minimum atomic E-state index is 0.882. The van der Waals surface area contributed by atoms with Crippen LogP contribution in [0.4, 0.5) is 0 Å². The molecule has 0 aliphatic heterocycles. The maximum Gasteiger partial charge on any atom is 0.135 e. The Morgan fingerprint density at radius 3 is 1.64 bits per heavy atom. The minimum absolute atomic E-state index is 0.882. The quantitative estimate of drug-likeness (QED) is 0.172. The van der Waals surface area contributed by atoms with Crippen LogP contribution < -0.4 is 0 Å². The Bertz CT molecular complexity index is 2690. The van der Waals surface area contributed by atoms with Gasteiger partial charge in [-0.15, -0.1) is 17.9 Å². The highest BCUT2D eigenvalue weighted by Gasteiger charge is 2.14. The Morgan fingerprint density at radius 1 is 0.532 bits per heavy atom. The van der Waals surface area contributed by atoms with Gasteiger partial charge in [0.25, 0.3) is 0 Å². The van der Waals surface area contributed by atoms with Gasteiger partial charge in [0.15, 0.2) is 0 Å². The zero-order chi connectivity index (χ0) is 31.5. The predicted molar refractivity (Wildman–Crippen MR) is 201 cm³/mol. The number of fused-ring (bicyclic) bond motifs is 7. The van der Waals surface area contributed by atoms with Gasteiger partial charge in [0.1, 0.15) is 22.3 Å². The summed E-state index contributed by atoms with van der Waals surface area (Å²) in [5, 5.41) is 5.80. The first-order valence-electron chi connectivity index (χ1n) is 15.9. The van der Waals surface area contributed by atoms with E-state index in [1.165, 1.54) is 42.8 Å². The molecule has 224 valence electrons. The molecule has 0 aliphatic rings. The second-order valence-electron chi connectivity index (χ2n) is 12.1. The SMILES string of the molecule is C=CCc1sc2ccc(-c3cccc(-c4ccc5oc6ccc(-c7ccc8oc9ccccc9c8c7)cc6c5c4)c3)cc2c1/C=C\C. The van der Waals surface area contributed by atoms with Crippen LogP contribution in [0.15, 0.2) is 149 Å². The lowest BCUT2D eigenvalue weighted by molar-refractivity contribution is 0.668. The topological polar surface area (TPSA) is 26.3 Å². The second-order valence-corrected chi connectivity index (χ2v) is 13.2. The molecule has 0 saturated heterocycles. The molecule has 0 aliphatic carbocycles. The third-order valence-electron chi connectivity index (χ3n) is 9.17. The number of furan rings is 2. The summed E-state index contributed by atoms with van der Waals surface area (Å²) in [5.41, 5.74) is 12.0. The fourth-order valence-electron chi connectivity index (χ4n) is 6.90. The molecule has 0 radical (unpaired) electrons. The van der Waals surface area contributed by atoms with Gasteiger partial charge in [0, 0.05) is 42.9 Å². The second kappa shape index (κ2) is 11.0. The van der Waals surface area contributed by atoms with Crippen LogP contribution in [0.25, 0.3) is 93.4 Å². The van der Waals surface area contributed by atoms with Crippen molar-refractivity contribution in [3.8, 4) is 33.4 Å². The predicted octanol–water partition coefficient (Wildman–Crippen LogP) is 13.5. The minimum Gasteiger partial charge on any atom is -0.456 e. The maximum atomic E-state index is 6.31. The van der Waals surface area contributed by atoms with E-state index < -0.39 is 0 Å².